The van der Waals surface area contributed by atoms with Gasteiger partial charge in [0.15, 0.2) is 11.6 Å². The number of aromatic nitrogens is 2. The number of carbonyl (C=O) groups is 4. The number of fused-ring (bicyclic) bond motifs is 7. The number of ketones is 2. The molecule has 0 aromatic carbocycles. The highest BCUT2D eigenvalue weighted by molar-refractivity contribution is 6.01. The highest BCUT2D eigenvalue weighted by Gasteiger charge is 2.76. The lowest BCUT2D eigenvalue weighted by Crippen LogP contribution is -2.75. The quantitative estimate of drug-likeness (QED) is 0.442. The number of likely N-dealkylation sites (N-methyl/N-ethyl adjacent to an activating group) is 1. The third kappa shape index (κ3) is 4.26. The van der Waals surface area contributed by atoms with Crippen molar-refractivity contribution >= 4 is 23.4 Å². The first-order chi connectivity index (χ1) is 21.5. The predicted molar refractivity (Wildman–Crippen MR) is 170 cm³/mol. The number of nitriles is 1. The van der Waals surface area contributed by atoms with Crippen LogP contribution in [0.15, 0.2) is 36.2 Å². The zero-order valence-corrected chi connectivity index (χ0v) is 27.9. The number of aliphatic hydroxyl groups is 1. The first kappa shape index (κ1) is 32.4. The van der Waals surface area contributed by atoms with Crippen LogP contribution in [0, 0.1) is 56.2 Å². The molecule has 6 rings (SSSR count). The number of nitrogens with zero attached hydrogens (tertiary/aromatic N) is 3. The fourth-order valence-corrected chi connectivity index (χ4v) is 10.7. The summed E-state index contributed by atoms with van der Waals surface area (Å²) >= 11 is 0. The van der Waals surface area contributed by atoms with E-state index in [2.05, 4.69) is 49.3 Å². The Balaban J connectivity index is 1.34. The molecule has 9 unspecified atom stereocenters. The molecule has 10 heteroatoms. The minimum absolute atomic E-state index is 0.114. The minimum atomic E-state index is -1.78. The summed E-state index contributed by atoms with van der Waals surface area (Å²) < 4.78 is 0. The van der Waals surface area contributed by atoms with Gasteiger partial charge in [-0.2, -0.15) is 10.4 Å². The maximum Gasteiger partial charge on any atom is 0.254 e. The predicted octanol–water partition coefficient (Wildman–Crippen LogP) is 4.15. The van der Waals surface area contributed by atoms with Crippen LogP contribution in [0.25, 0.3) is 0 Å². The molecule has 0 radical (unpaired) electrons. The van der Waals surface area contributed by atoms with Crippen molar-refractivity contribution < 1.29 is 24.3 Å². The van der Waals surface area contributed by atoms with E-state index in [0.717, 1.165) is 31.3 Å². The summed E-state index contributed by atoms with van der Waals surface area (Å²) in [4.78, 5) is 54.1. The van der Waals surface area contributed by atoms with Crippen LogP contribution in [0.4, 0.5) is 0 Å². The van der Waals surface area contributed by atoms with E-state index < -0.39 is 50.4 Å². The smallest absolute Gasteiger partial charge is 0.254 e. The number of aromatic amines is 1. The molecular weight excluding hydrogens is 582 g/mol. The topological polar surface area (TPSA) is 156 Å². The molecule has 5 aliphatic rings. The molecule has 0 aliphatic heterocycles. The van der Waals surface area contributed by atoms with Crippen molar-refractivity contribution in [2.75, 3.05) is 20.1 Å². The molecule has 1 aromatic heterocycles. The Labute approximate surface area is 271 Å². The third-order valence-electron chi connectivity index (χ3n) is 13.9. The second-order valence-electron chi connectivity index (χ2n) is 16.2. The van der Waals surface area contributed by atoms with E-state index in [1.54, 1.807) is 24.1 Å². The van der Waals surface area contributed by atoms with Crippen LogP contribution in [0.3, 0.4) is 0 Å². The first-order valence-electron chi connectivity index (χ1n) is 16.6. The largest absolute Gasteiger partial charge is 0.381 e. The lowest BCUT2D eigenvalue weighted by atomic mass is 9.32. The van der Waals surface area contributed by atoms with Gasteiger partial charge in [-0.05, 0) is 73.0 Å². The van der Waals surface area contributed by atoms with Gasteiger partial charge in [-0.25, -0.2) is 0 Å². The van der Waals surface area contributed by atoms with Crippen LogP contribution in [0.2, 0.25) is 0 Å². The van der Waals surface area contributed by atoms with Gasteiger partial charge in [0, 0.05) is 48.4 Å². The van der Waals surface area contributed by atoms with E-state index >= 15 is 0 Å². The monoisotopic (exact) mass is 629 g/mol. The zero-order valence-electron chi connectivity index (χ0n) is 27.9. The van der Waals surface area contributed by atoms with Gasteiger partial charge in [0.05, 0.1) is 30.3 Å². The third-order valence-corrected chi connectivity index (χ3v) is 13.9. The molecule has 246 valence electrons. The van der Waals surface area contributed by atoms with E-state index in [1.165, 1.54) is 12.4 Å². The maximum absolute atomic E-state index is 14.6. The van der Waals surface area contributed by atoms with E-state index in [0.29, 0.717) is 24.8 Å². The fourth-order valence-electron chi connectivity index (χ4n) is 10.7. The van der Waals surface area contributed by atoms with Crippen molar-refractivity contribution in [3.8, 4) is 6.07 Å². The Bertz CT molecular complexity index is 1590. The number of hydrogen-bond acceptors (Lipinski definition) is 7. The van der Waals surface area contributed by atoms with Gasteiger partial charge in [0.2, 0.25) is 5.91 Å². The Kier molecular flexibility index (Phi) is 7.36. The van der Waals surface area contributed by atoms with E-state index in [9.17, 15) is 29.5 Å². The summed E-state index contributed by atoms with van der Waals surface area (Å²) in [6, 6.07) is 2.57. The summed E-state index contributed by atoms with van der Waals surface area (Å²) in [5, 5.41) is 33.1. The van der Waals surface area contributed by atoms with Gasteiger partial charge in [0.25, 0.3) is 5.91 Å². The summed E-state index contributed by atoms with van der Waals surface area (Å²) in [6.07, 6.45) is 13.0. The molecule has 5 aliphatic carbocycles. The number of allylic oxidation sites excluding steroid dienone is 3. The molecule has 46 heavy (non-hydrogen) atoms. The van der Waals surface area contributed by atoms with Crippen LogP contribution >= 0.6 is 0 Å². The molecule has 0 saturated heterocycles. The molecule has 0 spiro atoms. The number of rotatable bonds is 5. The molecule has 1 heterocycles. The molecule has 0 bridgehead atoms. The zero-order chi connectivity index (χ0) is 33.5. The lowest BCUT2D eigenvalue weighted by Gasteiger charge is -2.71. The minimum Gasteiger partial charge on any atom is -0.381 e. The van der Waals surface area contributed by atoms with Crippen LogP contribution in [-0.4, -0.2) is 69.3 Å². The van der Waals surface area contributed by atoms with Gasteiger partial charge in [0.1, 0.15) is 5.60 Å². The molecule has 3 saturated carbocycles. The van der Waals surface area contributed by atoms with Crippen LogP contribution in [-0.2, 0) is 14.4 Å². The SMILES string of the molecule is CN(CC1(C)CCC2(C)CCC3(C)C4(C)CCC5CC(=O)C=CC5(C)C4=CC(=O)C3(O)C2C1C#N)C(=O)CNC(=O)c1cn[nH]c1. The van der Waals surface area contributed by atoms with Gasteiger partial charge in [-0.15, -0.1) is 0 Å². The summed E-state index contributed by atoms with van der Waals surface area (Å²) in [7, 11) is 1.67. The van der Waals surface area contributed by atoms with Gasteiger partial charge in [-0.1, -0.05) is 40.7 Å². The van der Waals surface area contributed by atoms with Crippen molar-refractivity contribution in [2.45, 2.75) is 85.2 Å². The van der Waals surface area contributed by atoms with Crippen LogP contribution < -0.4 is 5.32 Å². The van der Waals surface area contributed by atoms with Crippen molar-refractivity contribution in [1.29, 1.82) is 5.26 Å². The Hall–Kier alpha value is -3.58. The summed E-state index contributed by atoms with van der Waals surface area (Å²) in [5.74, 6) is -2.15. The fraction of sp³-hybridized carbons (Fsp3) is 0.667. The lowest BCUT2D eigenvalue weighted by molar-refractivity contribution is -0.252. The number of amides is 2. The summed E-state index contributed by atoms with van der Waals surface area (Å²) in [6.45, 7) is 10.6. The van der Waals surface area contributed by atoms with E-state index in [1.807, 2.05) is 13.0 Å². The van der Waals surface area contributed by atoms with Gasteiger partial charge >= 0.3 is 0 Å². The molecule has 3 N–H and O–H groups in total. The van der Waals surface area contributed by atoms with Crippen molar-refractivity contribution in [2.24, 2.45) is 44.8 Å². The number of hydrogen-bond donors (Lipinski definition) is 3. The van der Waals surface area contributed by atoms with Gasteiger partial charge in [-0.3, -0.25) is 24.3 Å². The highest BCUT2D eigenvalue weighted by Crippen LogP contribution is 2.75. The van der Waals surface area contributed by atoms with Crippen molar-refractivity contribution in [1.82, 2.24) is 20.4 Å². The molecule has 1 aromatic rings. The van der Waals surface area contributed by atoms with Crippen LogP contribution in [0.5, 0.6) is 0 Å². The second-order valence-corrected chi connectivity index (χ2v) is 16.2. The summed E-state index contributed by atoms with van der Waals surface area (Å²) in [5.41, 5.74) is -3.38. The molecule has 3 fully saturated rings. The van der Waals surface area contributed by atoms with Crippen LogP contribution in [0.1, 0.15) is 89.9 Å². The number of nitrogens with one attached hydrogen (secondary N) is 2. The standard InChI is InChI=1S/C36H47N5O5/c1-31-11-12-32(2,21-41(6)28(44)20-38-30(45)22-18-39-40-19-22)25(17-37)29(31)36(46)27(43)16-26-33(3)9-8-24(42)15-23(33)7-10-34(26,4)35(36,5)14-13-31/h8-9,16,18-19,23,25,29,46H,7,10-15,20-21H2,1-6H3,(H,38,45)(H,39,40). The molecule has 10 nitrogen and oxygen atoms in total. The second kappa shape index (κ2) is 10.5. The first-order valence-corrected chi connectivity index (χ1v) is 16.6. The number of carbonyl (C=O) groups excluding carboxylic acids is 4. The molecule has 2 amide bonds. The highest BCUT2D eigenvalue weighted by atomic mass is 16.3. The van der Waals surface area contributed by atoms with Crippen molar-refractivity contribution in [3.63, 3.8) is 0 Å². The Morgan fingerprint density at radius 2 is 1.85 bits per heavy atom. The van der Waals surface area contributed by atoms with E-state index in [-0.39, 0.29) is 36.5 Å². The number of H-pyrrole nitrogens is 1. The average molecular weight is 630 g/mol. The molecular formula is C36H47N5O5. The molecule has 9 atom stereocenters. The van der Waals surface area contributed by atoms with Gasteiger partial charge < -0.3 is 15.3 Å². The van der Waals surface area contributed by atoms with E-state index in [4.69, 9.17) is 0 Å². The Morgan fingerprint density at radius 1 is 1.13 bits per heavy atom. The normalized spacial score (nSPS) is 42.8. The maximum atomic E-state index is 14.6. The Morgan fingerprint density at radius 3 is 2.52 bits per heavy atom. The van der Waals surface area contributed by atoms with Crippen molar-refractivity contribution in [3.05, 3.63) is 41.8 Å². The average Bonchev–Trinajstić information content (AvgIpc) is 3.56.